The molecule has 0 spiro atoms. The van der Waals surface area contributed by atoms with E-state index >= 15 is 0 Å². The molecular formula is C18H21N5O3. The van der Waals surface area contributed by atoms with Gasteiger partial charge in [0, 0.05) is 43.6 Å². The molecule has 1 amide bonds. The standard InChI is InChI=1S/C18H21N5O3/c1-12-9-14(17(24)23-7-5-22(2)6-8-23)21-18(19-12)20-13-3-4-15-16(10-13)26-11-25-15/h3-4,9-10H,5-8,11H2,1-2H3,(H,19,20,21). The lowest BCUT2D eigenvalue weighted by atomic mass is 10.2. The summed E-state index contributed by atoms with van der Waals surface area (Å²) in [4.78, 5) is 25.6. The number of rotatable bonds is 3. The molecule has 1 aromatic carbocycles. The lowest BCUT2D eigenvalue weighted by Gasteiger charge is -2.32. The van der Waals surface area contributed by atoms with E-state index in [2.05, 4.69) is 27.2 Å². The van der Waals surface area contributed by atoms with Gasteiger partial charge in [0.25, 0.3) is 5.91 Å². The van der Waals surface area contributed by atoms with Crippen LogP contribution in [-0.4, -0.2) is 65.7 Å². The quantitative estimate of drug-likeness (QED) is 0.897. The Morgan fingerprint density at radius 1 is 1.08 bits per heavy atom. The Morgan fingerprint density at radius 2 is 1.85 bits per heavy atom. The first-order valence-corrected chi connectivity index (χ1v) is 8.59. The smallest absolute Gasteiger partial charge is 0.272 e. The van der Waals surface area contributed by atoms with Crippen LogP contribution in [0.25, 0.3) is 0 Å². The molecule has 0 bridgehead atoms. The predicted molar refractivity (Wildman–Crippen MR) is 96.0 cm³/mol. The van der Waals surface area contributed by atoms with E-state index in [-0.39, 0.29) is 12.7 Å². The Hall–Kier alpha value is -2.87. The Bertz CT molecular complexity index is 834. The van der Waals surface area contributed by atoms with Crippen LogP contribution in [0.4, 0.5) is 11.6 Å². The first kappa shape index (κ1) is 16.6. The maximum absolute atomic E-state index is 12.8. The number of fused-ring (bicyclic) bond motifs is 1. The van der Waals surface area contributed by atoms with Gasteiger partial charge in [-0.1, -0.05) is 0 Å². The van der Waals surface area contributed by atoms with E-state index in [1.165, 1.54) is 0 Å². The molecule has 1 fully saturated rings. The van der Waals surface area contributed by atoms with Crippen molar-refractivity contribution in [3.05, 3.63) is 35.7 Å². The molecule has 1 N–H and O–H groups in total. The largest absolute Gasteiger partial charge is 0.454 e. The number of aromatic nitrogens is 2. The number of likely N-dealkylation sites (N-methyl/N-ethyl adjacent to an activating group) is 1. The topological polar surface area (TPSA) is 79.8 Å². The number of nitrogens with one attached hydrogen (secondary N) is 1. The van der Waals surface area contributed by atoms with E-state index in [0.717, 1.165) is 24.5 Å². The molecule has 0 saturated carbocycles. The van der Waals surface area contributed by atoms with Crippen LogP contribution in [0.5, 0.6) is 11.5 Å². The fourth-order valence-electron chi connectivity index (χ4n) is 3.01. The van der Waals surface area contributed by atoms with Crippen molar-refractivity contribution in [2.75, 3.05) is 45.3 Å². The number of carbonyl (C=O) groups is 1. The highest BCUT2D eigenvalue weighted by molar-refractivity contribution is 5.92. The highest BCUT2D eigenvalue weighted by atomic mass is 16.7. The first-order valence-electron chi connectivity index (χ1n) is 8.59. The second kappa shape index (κ2) is 6.80. The zero-order valence-electron chi connectivity index (χ0n) is 14.9. The molecule has 1 saturated heterocycles. The zero-order chi connectivity index (χ0) is 18.1. The second-order valence-electron chi connectivity index (χ2n) is 6.51. The summed E-state index contributed by atoms with van der Waals surface area (Å²) in [7, 11) is 2.06. The van der Waals surface area contributed by atoms with Gasteiger partial charge in [-0.15, -0.1) is 0 Å². The van der Waals surface area contributed by atoms with E-state index in [1.54, 1.807) is 6.07 Å². The molecule has 8 heteroatoms. The number of aryl methyl sites for hydroxylation is 1. The normalized spacial score (nSPS) is 16.6. The highest BCUT2D eigenvalue weighted by Crippen LogP contribution is 2.34. The van der Waals surface area contributed by atoms with E-state index in [1.807, 2.05) is 30.0 Å². The molecule has 0 radical (unpaired) electrons. The maximum Gasteiger partial charge on any atom is 0.272 e. The predicted octanol–water partition coefficient (Wildman–Crippen LogP) is 1.64. The number of carbonyl (C=O) groups excluding carboxylic acids is 1. The summed E-state index contributed by atoms with van der Waals surface area (Å²) >= 11 is 0. The van der Waals surface area contributed by atoms with Crippen molar-refractivity contribution in [1.82, 2.24) is 19.8 Å². The van der Waals surface area contributed by atoms with Crippen LogP contribution in [0.1, 0.15) is 16.2 Å². The van der Waals surface area contributed by atoms with Crippen molar-refractivity contribution in [3.63, 3.8) is 0 Å². The van der Waals surface area contributed by atoms with E-state index < -0.39 is 0 Å². The van der Waals surface area contributed by atoms with Gasteiger partial charge in [0.05, 0.1) is 0 Å². The second-order valence-corrected chi connectivity index (χ2v) is 6.51. The monoisotopic (exact) mass is 355 g/mol. The van der Waals surface area contributed by atoms with Gasteiger partial charge >= 0.3 is 0 Å². The van der Waals surface area contributed by atoms with Crippen LogP contribution in [0.2, 0.25) is 0 Å². The number of piperazine rings is 1. The number of nitrogens with zero attached hydrogens (tertiary/aromatic N) is 4. The van der Waals surface area contributed by atoms with E-state index in [9.17, 15) is 4.79 Å². The Balaban J connectivity index is 1.53. The minimum Gasteiger partial charge on any atom is -0.454 e. The van der Waals surface area contributed by atoms with Crippen LogP contribution in [0.15, 0.2) is 24.3 Å². The highest BCUT2D eigenvalue weighted by Gasteiger charge is 2.22. The number of hydrogen-bond donors (Lipinski definition) is 1. The minimum absolute atomic E-state index is 0.0580. The SMILES string of the molecule is Cc1cc(C(=O)N2CCN(C)CC2)nc(Nc2ccc3c(c2)OCO3)n1. The van der Waals surface area contributed by atoms with E-state index in [4.69, 9.17) is 9.47 Å². The number of anilines is 2. The summed E-state index contributed by atoms with van der Waals surface area (Å²) in [5, 5.41) is 3.14. The molecule has 3 heterocycles. The molecule has 0 atom stereocenters. The molecular weight excluding hydrogens is 334 g/mol. The average molecular weight is 355 g/mol. The Morgan fingerprint density at radius 3 is 2.65 bits per heavy atom. The molecule has 0 unspecified atom stereocenters. The summed E-state index contributed by atoms with van der Waals surface area (Å²) in [6.45, 7) is 5.25. The first-order chi connectivity index (χ1) is 12.6. The molecule has 4 rings (SSSR count). The van der Waals surface area contributed by atoms with Crippen LogP contribution < -0.4 is 14.8 Å². The summed E-state index contributed by atoms with van der Waals surface area (Å²) < 4.78 is 10.7. The number of amides is 1. The van der Waals surface area contributed by atoms with Gasteiger partial charge < -0.3 is 24.6 Å². The lowest BCUT2D eigenvalue weighted by molar-refractivity contribution is 0.0658. The van der Waals surface area contributed by atoms with Gasteiger partial charge in [0.1, 0.15) is 5.69 Å². The van der Waals surface area contributed by atoms with Gasteiger partial charge in [-0.2, -0.15) is 0 Å². The van der Waals surface area contributed by atoms with Crippen molar-refractivity contribution in [2.45, 2.75) is 6.92 Å². The van der Waals surface area contributed by atoms with Crippen LogP contribution in [0, 0.1) is 6.92 Å². The lowest BCUT2D eigenvalue weighted by Crippen LogP contribution is -2.47. The molecule has 26 heavy (non-hydrogen) atoms. The molecule has 2 aromatic rings. The third-order valence-corrected chi connectivity index (χ3v) is 4.49. The van der Waals surface area contributed by atoms with Crippen molar-refractivity contribution in [1.29, 1.82) is 0 Å². The summed E-state index contributed by atoms with van der Waals surface area (Å²) in [6.07, 6.45) is 0. The Kier molecular flexibility index (Phi) is 4.34. The number of benzene rings is 1. The van der Waals surface area contributed by atoms with Gasteiger partial charge in [0.15, 0.2) is 11.5 Å². The van der Waals surface area contributed by atoms with Crippen molar-refractivity contribution in [3.8, 4) is 11.5 Å². The third kappa shape index (κ3) is 3.41. The number of ether oxygens (including phenoxy) is 2. The van der Waals surface area contributed by atoms with Gasteiger partial charge in [-0.25, -0.2) is 9.97 Å². The fourth-order valence-corrected chi connectivity index (χ4v) is 3.01. The van der Waals surface area contributed by atoms with Crippen LogP contribution >= 0.6 is 0 Å². The van der Waals surface area contributed by atoms with Gasteiger partial charge in [-0.05, 0) is 32.2 Å². The number of hydrogen-bond acceptors (Lipinski definition) is 7. The summed E-state index contributed by atoms with van der Waals surface area (Å²) in [5.41, 5.74) is 1.92. The molecule has 0 aliphatic carbocycles. The minimum atomic E-state index is -0.0580. The van der Waals surface area contributed by atoms with Crippen LogP contribution in [0.3, 0.4) is 0 Å². The Labute approximate surface area is 151 Å². The fraction of sp³-hybridized carbons (Fsp3) is 0.389. The zero-order valence-corrected chi connectivity index (χ0v) is 14.9. The maximum atomic E-state index is 12.8. The van der Waals surface area contributed by atoms with Crippen molar-refractivity contribution < 1.29 is 14.3 Å². The molecule has 2 aliphatic heterocycles. The van der Waals surface area contributed by atoms with Crippen molar-refractivity contribution >= 4 is 17.5 Å². The van der Waals surface area contributed by atoms with Crippen molar-refractivity contribution in [2.24, 2.45) is 0 Å². The summed E-state index contributed by atoms with van der Waals surface area (Å²) in [5.74, 6) is 1.72. The van der Waals surface area contributed by atoms with Gasteiger partial charge in [-0.3, -0.25) is 4.79 Å². The summed E-state index contributed by atoms with van der Waals surface area (Å²) in [6, 6.07) is 7.25. The van der Waals surface area contributed by atoms with E-state index in [0.29, 0.717) is 36.2 Å². The third-order valence-electron chi connectivity index (χ3n) is 4.49. The molecule has 8 nitrogen and oxygen atoms in total. The average Bonchev–Trinajstić information content (AvgIpc) is 3.09. The molecule has 1 aromatic heterocycles. The molecule has 136 valence electrons. The molecule has 2 aliphatic rings. The van der Waals surface area contributed by atoms with Gasteiger partial charge in [0.2, 0.25) is 12.7 Å². The van der Waals surface area contributed by atoms with Crippen LogP contribution in [-0.2, 0) is 0 Å².